The molecule has 1 heterocycles. The van der Waals surface area contributed by atoms with E-state index in [0.717, 1.165) is 11.1 Å². The summed E-state index contributed by atoms with van der Waals surface area (Å²) in [4.78, 5) is 24.7. The van der Waals surface area contributed by atoms with Crippen LogP contribution in [0.3, 0.4) is 0 Å². The van der Waals surface area contributed by atoms with Crippen molar-refractivity contribution < 1.29 is 9.90 Å². The van der Waals surface area contributed by atoms with Crippen molar-refractivity contribution in [2.75, 3.05) is 0 Å². The van der Waals surface area contributed by atoms with E-state index in [2.05, 4.69) is 5.10 Å². The molecule has 1 aromatic heterocycles. The SMILES string of the molecule is O=C1C=Cc2ccccc2/C1=C/c1c(O)n(-c2ccc(Cl)cc2)[nH]c1=O. The molecule has 0 radical (unpaired) electrons. The summed E-state index contributed by atoms with van der Waals surface area (Å²) in [5, 5.41) is 13.6. The molecule has 0 saturated carbocycles. The summed E-state index contributed by atoms with van der Waals surface area (Å²) in [7, 11) is 0. The number of allylic oxidation sites excluding steroid dienone is 2. The fourth-order valence-electron chi connectivity index (χ4n) is 2.91. The maximum Gasteiger partial charge on any atom is 0.275 e. The molecule has 6 heteroatoms. The highest BCUT2D eigenvalue weighted by atomic mass is 35.5. The number of halogens is 1. The van der Waals surface area contributed by atoms with E-state index < -0.39 is 5.56 Å². The third-order valence-electron chi connectivity index (χ3n) is 4.21. The number of ketones is 1. The average molecular weight is 365 g/mol. The van der Waals surface area contributed by atoms with Gasteiger partial charge in [-0.25, -0.2) is 4.68 Å². The summed E-state index contributed by atoms with van der Waals surface area (Å²) in [5.41, 5.74) is 2.03. The lowest BCUT2D eigenvalue weighted by Gasteiger charge is -2.12. The molecule has 0 unspecified atom stereocenters. The number of carbonyl (C=O) groups is 1. The maximum atomic E-state index is 12.4. The molecule has 0 atom stereocenters. The zero-order valence-corrected chi connectivity index (χ0v) is 14.2. The molecule has 0 spiro atoms. The van der Waals surface area contributed by atoms with Gasteiger partial charge in [-0.05, 0) is 47.5 Å². The summed E-state index contributed by atoms with van der Waals surface area (Å²) in [6.07, 6.45) is 4.61. The van der Waals surface area contributed by atoms with Gasteiger partial charge in [0.1, 0.15) is 5.56 Å². The van der Waals surface area contributed by atoms with Gasteiger partial charge in [0, 0.05) is 10.6 Å². The number of nitrogens with zero attached hydrogens (tertiary/aromatic N) is 1. The summed E-state index contributed by atoms with van der Waals surface area (Å²) >= 11 is 5.87. The highest BCUT2D eigenvalue weighted by molar-refractivity contribution is 6.33. The first-order valence-corrected chi connectivity index (χ1v) is 8.26. The topological polar surface area (TPSA) is 75.1 Å². The quantitative estimate of drug-likeness (QED) is 0.681. The van der Waals surface area contributed by atoms with Crippen LogP contribution in [0.25, 0.3) is 23.4 Å². The fourth-order valence-corrected chi connectivity index (χ4v) is 3.04. The summed E-state index contributed by atoms with van der Waals surface area (Å²) in [6.45, 7) is 0. The second kappa shape index (κ2) is 6.20. The lowest BCUT2D eigenvalue weighted by Crippen LogP contribution is -2.08. The molecule has 0 fully saturated rings. The van der Waals surface area contributed by atoms with E-state index in [9.17, 15) is 14.7 Å². The van der Waals surface area contributed by atoms with Crippen molar-refractivity contribution in [2.45, 2.75) is 0 Å². The first-order valence-electron chi connectivity index (χ1n) is 7.88. The predicted molar refractivity (Wildman–Crippen MR) is 101 cm³/mol. The fraction of sp³-hybridized carbons (Fsp3) is 0. The van der Waals surface area contributed by atoms with Crippen molar-refractivity contribution in [1.82, 2.24) is 9.78 Å². The number of carbonyl (C=O) groups excluding carboxylic acids is 1. The summed E-state index contributed by atoms with van der Waals surface area (Å²) in [6, 6.07) is 14.0. The minimum absolute atomic E-state index is 0.0217. The largest absolute Gasteiger partial charge is 0.493 e. The molecule has 1 aliphatic rings. The minimum Gasteiger partial charge on any atom is -0.493 e. The highest BCUT2D eigenvalue weighted by Crippen LogP contribution is 2.30. The third kappa shape index (κ3) is 2.68. The number of aromatic hydroxyl groups is 1. The zero-order valence-electron chi connectivity index (χ0n) is 13.4. The molecule has 128 valence electrons. The smallest absolute Gasteiger partial charge is 0.275 e. The van der Waals surface area contributed by atoms with E-state index in [1.165, 1.54) is 16.8 Å². The lowest BCUT2D eigenvalue weighted by molar-refractivity contribution is -0.109. The van der Waals surface area contributed by atoms with Gasteiger partial charge in [0.15, 0.2) is 5.78 Å². The molecule has 1 aliphatic carbocycles. The molecule has 5 nitrogen and oxygen atoms in total. The second-order valence-electron chi connectivity index (χ2n) is 5.83. The molecule has 4 rings (SSSR count). The molecule has 0 bridgehead atoms. The van der Waals surface area contributed by atoms with E-state index in [1.54, 1.807) is 30.3 Å². The van der Waals surface area contributed by atoms with Crippen LogP contribution in [-0.2, 0) is 4.79 Å². The Bertz CT molecular complexity index is 1130. The molecule has 0 amide bonds. The van der Waals surface area contributed by atoms with Crippen LogP contribution in [0.15, 0.2) is 59.4 Å². The van der Waals surface area contributed by atoms with Crippen LogP contribution in [-0.4, -0.2) is 20.7 Å². The van der Waals surface area contributed by atoms with E-state index >= 15 is 0 Å². The van der Waals surface area contributed by atoms with Gasteiger partial charge in [-0.1, -0.05) is 41.9 Å². The van der Waals surface area contributed by atoms with Crippen molar-refractivity contribution in [1.29, 1.82) is 0 Å². The Balaban J connectivity index is 1.86. The Kier molecular flexibility index (Phi) is 3.86. The van der Waals surface area contributed by atoms with Crippen molar-refractivity contribution in [3.63, 3.8) is 0 Å². The van der Waals surface area contributed by atoms with Crippen LogP contribution >= 0.6 is 11.6 Å². The zero-order chi connectivity index (χ0) is 18.3. The Labute approximate surface area is 153 Å². The van der Waals surface area contributed by atoms with Crippen LogP contribution in [0.1, 0.15) is 16.7 Å². The predicted octanol–water partition coefficient (Wildman–Crippen LogP) is 3.66. The van der Waals surface area contributed by atoms with Gasteiger partial charge in [0.2, 0.25) is 5.88 Å². The van der Waals surface area contributed by atoms with E-state index in [-0.39, 0.29) is 17.2 Å². The Morgan fingerprint density at radius 2 is 1.73 bits per heavy atom. The summed E-state index contributed by atoms with van der Waals surface area (Å²) < 4.78 is 1.25. The van der Waals surface area contributed by atoms with Gasteiger partial charge >= 0.3 is 0 Å². The summed E-state index contributed by atoms with van der Waals surface area (Å²) in [5.74, 6) is -0.494. The minimum atomic E-state index is -0.496. The number of aromatic nitrogens is 2. The molecule has 0 aliphatic heterocycles. The first kappa shape index (κ1) is 16.2. The number of fused-ring (bicyclic) bond motifs is 1. The monoisotopic (exact) mass is 364 g/mol. The van der Waals surface area contributed by atoms with Crippen molar-refractivity contribution >= 4 is 35.1 Å². The molecule has 0 saturated heterocycles. The molecular weight excluding hydrogens is 352 g/mol. The van der Waals surface area contributed by atoms with Crippen LogP contribution in [0.4, 0.5) is 0 Å². The van der Waals surface area contributed by atoms with Crippen LogP contribution in [0, 0.1) is 0 Å². The van der Waals surface area contributed by atoms with E-state index in [1.807, 2.05) is 24.3 Å². The number of H-pyrrole nitrogens is 1. The van der Waals surface area contributed by atoms with Gasteiger partial charge in [0.05, 0.1) is 5.69 Å². The number of aromatic amines is 1. The maximum absolute atomic E-state index is 12.4. The molecule has 2 aromatic carbocycles. The highest BCUT2D eigenvalue weighted by Gasteiger charge is 2.20. The molecule has 26 heavy (non-hydrogen) atoms. The lowest BCUT2D eigenvalue weighted by atomic mass is 9.90. The van der Waals surface area contributed by atoms with Crippen molar-refractivity contribution in [3.8, 4) is 11.6 Å². The number of benzene rings is 2. The van der Waals surface area contributed by atoms with Gasteiger partial charge in [-0.15, -0.1) is 0 Å². The Morgan fingerprint density at radius 3 is 2.50 bits per heavy atom. The van der Waals surface area contributed by atoms with E-state index in [0.29, 0.717) is 16.3 Å². The van der Waals surface area contributed by atoms with Gasteiger partial charge < -0.3 is 5.11 Å². The number of rotatable bonds is 2. The Hall–Kier alpha value is -3.31. The standard InChI is InChI=1S/C20H13ClN2O3/c21-13-6-8-14(9-7-13)23-20(26)17(19(25)22-23)11-16-15-4-2-1-3-12(15)5-10-18(16)24/h1-11,26H,(H,22,25)/b16-11-. The van der Waals surface area contributed by atoms with Crippen LogP contribution in [0.2, 0.25) is 5.02 Å². The van der Waals surface area contributed by atoms with Gasteiger partial charge in [0.25, 0.3) is 5.56 Å². The molecule has 3 aromatic rings. The van der Waals surface area contributed by atoms with Crippen LogP contribution < -0.4 is 5.56 Å². The van der Waals surface area contributed by atoms with Gasteiger partial charge in [-0.3, -0.25) is 14.7 Å². The molecule has 2 N–H and O–H groups in total. The van der Waals surface area contributed by atoms with Crippen molar-refractivity contribution in [3.05, 3.63) is 86.7 Å². The third-order valence-corrected chi connectivity index (χ3v) is 4.47. The van der Waals surface area contributed by atoms with E-state index in [4.69, 9.17) is 11.6 Å². The molecular formula is C20H13ClN2O3. The van der Waals surface area contributed by atoms with Crippen molar-refractivity contribution in [2.24, 2.45) is 0 Å². The Morgan fingerprint density at radius 1 is 1.00 bits per heavy atom. The number of hydrogen-bond acceptors (Lipinski definition) is 3. The first-order chi connectivity index (χ1) is 12.5. The second-order valence-corrected chi connectivity index (χ2v) is 6.27. The number of hydrogen-bond donors (Lipinski definition) is 2. The van der Waals surface area contributed by atoms with Gasteiger partial charge in [-0.2, -0.15) is 0 Å². The average Bonchev–Trinajstić information content (AvgIpc) is 2.92. The number of nitrogens with one attached hydrogen (secondary N) is 1. The van der Waals surface area contributed by atoms with Crippen LogP contribution in [0.5, 0.6) is 5.88 Å². The normalized spacial score (nSPS) is 14.7.